The van der Waals surface area contributed by atoms with E-state index in [1.54, 1.807) is 10.8 Å². The lowest BCUT2D eigenvalue weighted by molar-refractivity contribution is -0.127. The number of ether oxygens (including phenoxy) is 2. The van der Waals surface area contributed by atoms with Crippen LogP contribution < -0.4 is 10.5 Å². The van der Waals surface area contributed by atoms with E-state index >= 15 is 0 Å². The molecule has 8 heteroatoms. The minimum absolute atomic E-state index is 0.0868. The van der Waals surface area contributed by atoms with E-state index in [0.717, 1.165) is 32.3 Å². The number of halogens is 1. The Morgan fingerprint density at radius 3 is 2.65 bits per heavy atom. The van der Waals surface area contributed by atoms with Crippen molar-refractivity contribution in [1.82, 2.24) is 9.55 Å². The van der Waals surface area contributed by atoms with Gasteiger partial charge < -0.3 is 14.4 Å². The molecule has 0 bridgehead atoms. The summed E-state index contributed by atoms with van der Waals surface area (Å²) < 4.78 is 13.2. The molecule has 128 valence electrons. The van der Waals surface area contributed by atoms with E-state index in [9.17, 15) is 4.79 Å². The predicted molar refractivity (Wildman–Crippen MR) is 95.8 cm³/mol. The lowest BCUT2D eigenvalue weighted by Gasteiger charge is -2.55. The molecule has 3 heterocycles. The molecule has 1 aromatic heterocycles. The third kappa shape index (κ3) is 3.87. The fourth-order valence-electron chi connectivity index (χ4n) is 2.82. The van der Waals surface area contributed by atoms with Gasteiger partial charge in [0.1, 0.15) is 11.3 Å². The summed E-state index contributed by atoms with van der Waals surface area (Å²) in [4.78, 5) is 19.0. The number of rotatable bonds is 6. The Balaban J connectivity index is 1.63. The third-order valence-corrected chi connectivity index (χ3v) is 6.41. The molecule has 1 aromatic rings. The Bertz CT molecular complexity index is 632. The van der Waals surface area contributed by atoms with E-state index in [2.05, 4.69) is 40.6 Å². The molecule has 0 unspecified atom stereocenters. The van der Waals surface area contributed by atoms with Crippen LogP contribution >= 0.6 is 15.9 Å². The van der Waals surface area contributed by atoms with Crippen molar-refractivity contribution in [2.75, 3.05) is 37.8 Å². The van der Waals surface area contributed by atoms with Crippen LogP contribution in [0.3, 0.4) is 0 Å². The third-order valence-electron chi connectivity index (χ3n) is 4.32. The highest BCUT2D eigenvalue weighted by molar-refractivity contribution is 9.10. The number of hydrogen-bond donors (Lipinski definition) is 0. The summed E-state index contributed by atoms with van der Waals surface area (Å²) in [6.07, 6.45) is 1.70. The zero-order valence-electron chi connectivity index (χ0n) is 14.0. The van der Waals surface area contributed by atoms with Crippen molar-refractivity contribution < 1.29 is 9.47 Å². The topological polar surface area (TPSA) is 56.6 Å². The summed E-state index contributed by atoms with van der Waals surface area (Å²) in [5.74, 6) is 0.505. The summed E-state index contributed by atoms with van der Waals surface area (Å²) in [6, 6.07) is 1.09. The molecule has 3 rings (SSSR count). The second kappa shape index (κ2) is 6.31. The number of hydrogen-bond acceptors (Lipinski definition) is 5. The van der Waals surface area contributed by atoms with Crippen LogP contribution in [0.1, 0.15) is 0 Å². The van der Waals surface area contributed by atoms with Crippen molar-refractivity contribution in [3.8, 4) is 0 Å². The molecular weight excluding hydrogens is 378 g/mol. The average molecular weight is 402 g/mol. The first kappa shape index (κ1) is 17.1. The van der Waals surface area contributed by atoms with Crippen molar-refractivity contribution in [2.24, 2.45) is 5.41 Å². The highest BCUT2D eigenvalue weighted by Crippen LogP contribution is 2.38. The second-order valence-electron chi connectivity index (χ2n) is 7.86. The first-order chi connectivity index (χ1) is 10.8. The maximum Gasteiger partial charge on any atom is 0.295 e. The van der Waals surface area contributed by atoms with E-state index in [0.29, 0.717) is 17.0 Å². The molecule has 6 nitrogen and oxygen atoms in total. The first-order valence-corrected chi connectivity index (χ1v) is 12.5. The molecule has 1 spiro atoms. The zero-order valence-corrected chi connectivity index (χ0v) is 16.6. The van der Waals surface area contributed by atoms with Gasteiger partial charge in [0.2, 0.25) is 0 Å². The Morgan fingerprint density at radius 1 is 1.39 bits per heavy atom. The van der Waals surface area contributed by atoms with Crippen LogP contribution in [0.15, 0.2) is 15.6 Å². The molecule has 23 heavy (non-hydrogen) atoms. The standard InChI is InChI=1S/C15H24BrN3O3Si/c1-23(2,3)5-4-21-11-18-6-12(16)17-13(14(18)20)19-7-15(8-19)9-22-10-15/h6H,4-5,7-11H2,1-3H3. The summed E-state index contributed by atoms with van der Waals surface area (Å²) in [5, 5.41) is 0. The van der Waals surface area contributed by atoms with Crippen molar-refractivity contribution in [1.29, 1.82) is 0 Å². The predicted octanol–water partition coefficient (Wildman–Crippen LogP) is 2.15. The molecule has 0 aliphatic carbocycles. The maximum atomic E-state index is 12.6. The van der Waals surface area contributed by atoms with Gasteiger partial charge in [-0.1, -0.05) is 19.6 Å². The van der Waals surface area contributed by atoms with E-state index in [1.807, 2.05) is 4.90 Å². The minimum atomic E-state index is -1.11. The van der Waals surface area contributed by atoms with Gasteiger partial charge in [0.15, 0.2) is 5.82 Å². The molecule has 0 radical (unpaired) electrons. The summed E-state index contributed by atoms with van der Waals surface area (Å²) in [5.41, 5.74) is 0.172. The van der Waals surface area contributed by atoms with Crippen molar-refractivity contribution in [3.63, 3.8) is 0 Å². The molecule has 0 amide bonds. The molecule has 2 saturated heterocycles. The highest BCUT2D eigenvalue weighted by atomic mass is 79.9. The maximum absolute atomic E-state index is 12.6. The van der Waals surface area contributed by atoms with Gasteiger partial charge >= 0.3 is 0 Å². The van der Waals surface area contributed by atoms with Gasteiger partial charge in [0.25, 0.3) is 5.56 Å². The van der Waals surface area contributed by atoms with Crippen LogP contribution in [0, 0.1) is 5.41 Å². The Kier molecular flexibility index (Phi) is 4.70. The summed E-state index contributed by atoms with van der Waals surface area (Å²) in [6.45, 7) is 11.2. The molecular formula is C15H24BrN3O3Si. The van der Waals surface area contributed by atoms with Crippen LogP contribution in [-0.2, 0) is 16.2 Å². The van der Waals surface area contributed by atoms with E-state index < -0.39 is 8.07 Å². The van der Waals surface area contributed by atoms with Gasteiger partial charge in [-0.15, -0.1) is 0 Å². The van der Waals surface area contributed by atoms with Crippen LogP contribution in [0.5, 0.6) is 0 Å². The van der Waals surface area contributed by atoms with Gasteiger partial charge in [0.05, 0.1) is 18.6 Å². The van der Waals surface area contributed by atoms with Gasteiger partial charge in [-0.3, -0.25) is 9.36 Å². The number of anilines is 1. The Morgan fingerprint density at radius 2 is 2.09 bits per heavy atom. The minimum Gasteiger partial charge on any atom is -0.380 e. The van der Waals surface area contributed by atoms with E-state index in [4.69, 9.17) is 9.47 Å². The van der Waals surface area contributed by atoms with E-state index in [1.165, 1.54) is 0 Å². The fraction of sp³-hybridized carbons (Fsp3) is 0.733. The quantitative estimate of drug-likeness (QED) is 0.539. The SMILES string of the molecule is C[Si](C)(C)CCOCn1cc(Br)nc(N2CC3(COC3)C2)c1=O. The van der Waals surface area contributed by atoms with E-state index in [-0.39, 0.29) is 17.7 Å². The zero-order chi connectivity index (χ0) is 16.7. The van der Waals surface area contributed by atoms with Crippen LogP contribution in [-0.4, -0.2) is 50.5 Å². The number of nitrogens with zero attached hydrogens (tertiary/aromatic N) is 3. The average Bonchev–Trinajstić information content (AvgIpc) is 2.34. The molecule has 2 aliphatic heterocycles. The molecule has 0 atom stereocenters. The Labute approximate surface area is 145 Å². The van der Waals surface area contributed by atoms with Gasteiger partial charge in [-0.05, 0) is 22.0 Å². The van der Waals surface area contributed by atoms with Gasteiger partial charge in [0, 0.05) is 34.0 Å². The highest BCUT2D eigenvalue weighted by Gasteiger charge is 2.50. The van der Waals surface area contributed by atoms with Crippen LogP contribution in [0.4, 0.5) is 5.82 Å². The normalized spacial score (nSPS) is 19.6. The number of aromatic nitrogens is 2. The van der Waals surface area contributed by atoms with Crippen molar-refractivity contribution in [2.45, 2.75) is 32.4 Å². The fourth-order valence-corrected chi connectivity index (χ4v) is 3.99. The molecule has 0 saturated carbocycles. The van der Waals surface area contributed by atoms with Crippen LogP contribution in [0.25, 0.3) is 0 Å². The molecule has 0 aromatic carbocycles. The smallest absolute Gasteiger partial charge is 0.295 e. The largest absolute Gasteiger partial charge is 0.380 e. The first-order valence-electron chi connectivity index (χ1n) is 7.96. The van der Waals surface area contributed by atoms with Gasteiger partial charge in [-0.25, -0.2) is 4.98 Å². The monoisotopic (exact) mass is 401 g/mol. The van der Waals surface area contributed by atoms with Gasteiger partial charge in [-0.2, -0.15) is 0 Å². The second-order valence-corrected chi connectivity index (χ2v) is 14.3. The lowest BCUT2D eigenvalue weighted by Crippen LogP contribution is -2.67. The molecule has 2 aliphatic rings. The molecule has 0 N–H and O–H groups in total. The molecule has 2 fully saturated rings. The van der Waals surface area contributed by atoms with Crippen molar-refractivity contribution in [3.05, 3.63) is 21.2 Å². The Hall–Kier alpha value is -0.703. The van der Waals surface area contributed by atoms with Crippen molar-refractivity contribution >= 4 is 29.8 Å². The summed E-state index contributed by atoms with van der Waals surface area (Å²) in [7, 11) is -1.11. The lowest BCUT2D eigenvalue weighted by atomic mass is 9.78. The summed E-state index contributed by atoms with van der Waals surface area (Å²) >= 11 is 3.40. The van der Waals surface area contributed by atoms with Crippen LogP contribution in [0.2, 0.25) is 25.7 Å².